The molecule has 2 aromatic carbocycles. The summed E-state index contributed by atoms with van der Waals surface area (Å²) in [6, 6.07) is 14.4. The molecule has 144 valence electrons. The summed E-state index contributed by atoms with van der Waals surface area (Å²) in [5.74, 6) is 0.164. The van der Waals surface area contributed by atoms with Gasteiger partial charge in [0.25, 0.3) is 5.91 Å². The lowest BCUT2D eigenvalue weighted by Crippen LogP contribution is -2.35. The Morgan fingerprint density at radius 2 is 1.93 bits per heavy atom. The molecule has 0 saturated heterocycles. The second-order valence-corrected chi connectivity index (χ2v) is 8.10. The average Bonchev–Trinajstić information content (AvgIpc) is 3.21. The van der Waals surface area contributed by atoms with Crippen LogP contribution in [0.3, 0.4) is 0 Å². The van der Waals surface area contributed by atoms with Crippen LogP contribution in [0.1, 0.15) is 16.1 Å². The van der Waals surface area contributed by atoms with Gasteiger partial charge in [-0.2, -0.15) is 0 Å². The second kappa shape index (κ2) is 9.73. The van der Waals surface area contributed by atoms with Crippen molar-refractivity contribution < 1.29 is 9.59 Å². The molecule has 0 fully saturated rings. The number of nitrogens with one attached hydrogen (secondary N) is 1. The van der Waals surface area contributed by atoms with Crippen molar-refractivity contribution in [2.75, 3.05) is 18.9 Å². The maximum absolute atomic E-state index is 12.9. The number of benzene rings is 2. The highest BCUT2D eigenvalue weighted by Gasteiger charge is 2.18. The number of hydrogen-bond donors (Lipinski definition) is 1. The van der Waals surface area contributed by atoms with Gasteiger partial charge in [-0.1, -0.05) is 35.9 Å². The van der Waals surface area contributed by atoms with Crippen molar-refractivity contribution in [2.24, 2.45) is 0 Å². The van der Waals surface area contributed by atoms with Crippen molar-refractivity contribution in [3.05, 3.63) is 75.7 Å². The van der Waals surface area contributed by atoms with Gasteiger partial charge in [-0.25, -0.2) is 4.98 Å². The molecule has 3 aromatic rings. The number of nitrogens with zero attached hydrogens (tertiary/aromatic N) is 2. The van der Waals surface area contributed by atoms with Crippen LogP contribution in [0.25, 0.3) is 0 Å². The molecule has 0 aliphatic carbocycles. The van der Waals surface area contributed by atoms with Gasteiger partial charge in [-0.15, -0.1) is 23.1 Å². The summed E-state index contributed by atoms with van der Waals surface area (Å²) in [6.45, 7) is -0.0743. The molecule has 0 radical (unpaired) electrons. The minimum atomic E-state index is -0.309. The molecule has 5 nitrogen and oxygen atoms in total. The molecule has 1 heterocycles. The number of thioether (sulfide) groups is 1. The number of para-hydroxylation sites is 1. The summed E-state index contributed by atoms with van der Waals surface area (Å²) in [7, 11) is 1.61. The number of likely N-dealkylation sites (N-methyl/N-ethyl adjacent to an activating group) is 1. The van der Waals surface area contributed by atoms with Gasteiger partial charge in [0.05, 0.1) is 34.0 Å². The van der Waals surface area contributed by atoms with Gasteiger partial charge in [-0.05, 0) is 24.3 Å². The fourth-order valence-electron chi connectivity index (χ4n) is 2.47. The summed E-state index contributed by atoms with van der Waals surface area (Å²) < 4.78 is 0. The Morgan fingerprint density at radius 1 is 1.18 bits per heavy atom. The lowest BCUT2D eigenvalue weighted by Gasteiger charge is -2.18. The number of amides is 2. The van der Waals surface area contributed by atoms with Gasteiger partial charge in [0.15, 0.2) is 0 Å². The van der Waals surface area contributed by atoms with Crippen LogP contribution in [0.4, 0.5) is 5.69 Å². The lowest BCUT2D eigenvalue weighted by molar-refractivity contribution is -0.116. The second-order valence-electron chi connectivity index (χ2n) is 5.95. The van der Waals surface area contributed by atoms with Crippen molar-refractivity contribution in [3.8, 4) is 0 Å². The molecule has 0 unspecified atom stereocenters. The molecule has 0 saturated carbocycles. The first-order chi connectivity index (χ1) is 13.5. The topological polar surface area (TPSA) is 62.3 Å². The van der Waals surface area contributed by atoms with E-state index in [1.165, 1.54) is 4.90 Å². The van der Waals surface area contributed by atoms with E-state index in [9.17, 15) is 9.59 Å². The van der Waals surface area contributed by atoms with Crippen LogP contribution in [-0.2, 0) is 10.5 Å². The van der Waals surface area contributed by atoms with Gasteiger partial charge < -0.3 is 10.2 Å². The van der Waals surface area contributed by atoms with Gasteiger partial charge in [0.1, 0.15) is 0 Å². The standard InChI is InChI=1S/C20H18ClN3O2S2/c1-24(10-19(25)23-17-8-4-3-7-16(17)21)20(26)15-6-2-5-9-18(15)28-12-14-11-27-13-22-14/h2-9,11,13H,10,12H2,1H3,(H,23,25). The number of carbonyl (C=O) groups is 2. The Hall–Kier alpha value is -2.35. The molecular weight excluding hydrogens is 414 g/mol. The van der Waals surface area contributed by atoms with Crippen LogP contribution in [0.15, 0.2) is 64.3 Å². The van der Waals surface area contributed by atoms with Crippen molar-refractivity contribution in [1.29, 1.82) is 0 Å². The van der Waals surface area contributed by atoms with Crippen molar-refractivity contribution in [2.45, 2.75) is 10.6 Å². The van der Waals surface area contributed by atoms with E-state index in [4.69, 9.17) is 11.6 Å². The number of rotatable bonds is 7. The number of hydrogen-bond acceptors (Lipinski definition) is 5. The van der Waals surface area contributed by atoms with Crippen LogP contribution >= 0.6 is 34.7 Å². The molecule has 0 aliphatic rings. The molecular formula is C20H18ClN3O2S2. The van der Waals surface area contributed by atoms with E-state index in [-0.39, 0.29) is 18.4 Å². The van der Waals surface area contributed by atoms with Crippen molar-refractivity contribution in [1.82, 2.24) is 9.88 Å². The van der Waals surface area contributed by atoms with Gasteiger partial charge >= 0.3 is 0 Å². The smallest absolute Gasteiger partial charge is 0.255 e. The van der Waals surface area contributed by atoms with E-state index >= 15 is 0 Å². The fourth-order valence-corrected chi connectivity index (χ4v) is 4.27. The van der Waals surface area contributed by atoms with E-state index in [1.807, 2.05) is 23.6 Å². The third-order valence-corrected chi connectivity index (χ3v) is 5.92. The number of aromatic nitrogens is 1. The molecule has 2 amide bonds. The zero-order valence-electron chi connectivity index (χ0n) is 15.1. The van der Waals surface area contributed by atoms with Gasteiger partial charge in [0.2, 0.25) is 5.91 Å². The molecule has 0 atom stereocenters. The summed E-state index contributed by atoms with van der Waals surface area (Å²) in [5.41, 5.74) is 3.85. The van der Waals surface area contributed by atoms with Crippen molar-refractivity contribution >= 4 is 52.2 Å². The van der Waals surface area contributed by atoms with Crippen LogP contribution in [-0.4, -0.2) is 35.3 Å². The summed E-state index contributed by atoms with van der Waals surface area (Å²) in [4.78, 5) is 31.7. The predicted molar refractivity (Wildman–Crippen MR) is 115 cm³/mol. The van der Waals surface area contributed by atoms with Crippen LogP contribution in [0.5, 0.6) is 0 Å². The summed E-state index contributed by atoms with van der Waals surface area (Å²) >= 11 is 9.16. The Kier molecular flexibility index (Phi) is 7.08. The van der Waals surface area contributed by atoms with Crippen LogP contribution in [0.2, 0.25) is 5.02 Å². The minimum Gasteiger partial charge on any atom is -0.332 e. The monoisotopic (exact) mass is 431 g/mol. The first-order valence-electron chi connectivity index (χ1n) is 8.43. The van der Waals surface area contributed by atoms with E-state index in [0.29, 0.717) is 22.0 Å². The average molecular weight is 432 g/mol. The third-order valence-electron chi connectivity index (χ3n) is 3.85. The van der Waals surface area contributed by atoms with E-state index < -0.39 is 0 Å². The number of carbonyl (C=O) groups excluding carboxylic acids is 2. The summed E-state index contributed by atoms with van der Waals surface area (Å²) in [5, 5.41) is 5.17. The maximum Gasteiger partial charge on any atom is 0.255 e. The quantitative estimate of drug-likeness (QED) is 0.546. The Balaban J connectivity index is 1.64. The van der Waals surface area contributed by atoms with Gasteiger partial charge in [-0.3, -0.25) is 9.59 Å². The predicted octanol–water partition coefficient (Wildman–Crippen LogP) is 4.80. The fraction of sp³-hybridized carbons (Fsp3) is 0.150. The molecule has 1 N–H and O–H groups in total. The van der Waals surface area contributed by atoms with Crippen molar-refractivity contribution in [3.63, 3.8) is 0 Å². The molecule has 0 spiro atoms. The Bertz CT molecular complexity index is 964. The molecule has 3 rings (SSSR count). The Morgan fingerprint density at radius 3 is 2.68 bits per heavy atom. The lowest BCUT2D eigenvalue weighted by atomic mass is 10.2. The van der Waals surface area contributed by atoms with E-state index in [2.05, 4.69) is 10.3 Å². The first-order valence-corrected chi connectivity index (χ1v) is 10.7. The summed E-state index contributed by atoms with van der Waals surface area (Å²) in [6.07, 6.45) is 0. The van der Waals surface area contributed by atoms with Gasteiger partial charge in [0, 0.05) is 23.1 Å². The largest absolute Gasteiger partial charge is 0.332 e. The SMILES string of the molecule is CN(CC(=O)Nc1ccccc1Cl)C(=O)c1ccccc1SCc1cscn1. The highest BCUT2D eigenvalue weighted by molar-refractivity contribution is 7.98. The normalized spacial score (nSPS) is 10.5. The molecule has 8 heteroatoms. The molecule has 0 bridgehead atoms. The zero-order valence-corrected chi connectivity index (χ0v) is 17.5. The van der Waals surface area contributed by atoms with Crippen LogP contribution in [0, 0.1) is 0 Å². The van der Waals surface area contributed by atoms with E-state index in [1.54, 1.807) is 66.0 Å². The molecule has 28 heavy (non-hydrogen) atoms. The first kappa shape index (κ1) is 20.4. The molecule has 1 aromatic heterocycles. The highest BCUT2D eigenvalue weighted by Crippen LogP contribution is 2.27. The van der Waals surface area contributed by atoms with Crippen LogP contribution < -0.4 is 5.32 Å². The molecule has 0 aliphatic heterocycles. The third kappa shape index (κ3) is 5.34. The Labute approximate surface area is 176 Å². The number of thiazole rings is 1. The number of anilines is 1. The highest BCUT2D eigenvalue weighted by atomic mass is 35.5. The van der Waals surface area contributed by atoms with E-state index in [0.717, 1.165) is 10.6 Å². The zero-order chi connectivity index (χ0) is 19.9. The number of halogens is 1. The minimum absolute atomic E-state index is 0.0743. The maximum atomic E-state index is 12.9.